The fourth-order valence-electron chi connectivity index (χ4n) is 4.88. The Labute approximate surface area is 226 Å². The molecule has 0 spiro atoms. The minimum absolute atomic E-state index is 0.191. The largest absolute Gasteiger partial charge is 0.480 e. The summed E-state index contributed by atoms with van der Waals surface area (Å²) in [6.45, 7) is 1.86. The van der Waals surface area contributed by atoms with E-state index in [4.69, 9.17) is 9.72 Å². The number of alkyl halides is 3. The van der Waals surface area contributed by atoms with E-state index in [1.165, 1.54) is 31.1 Å². The van der Waals surface area contributed by atoms with Gasteiger partial charge in [-0.2, -0.15) is 13.2 Å². The van der Waals surface area contributed by atoms with Gasteiger partial charge in [-0.3, -0.25) is 9.36 Å². The highest BCUT2D eigenvalue weighted by Crippen LogP contribution is 2.45. The molecule has 0 bridgehead atoms. The van der Waals surface area contributed by atoms with E-state index in [1.807, 2.05) is 6.92 Å². The van der Waals surface area contributed by atoms with Gasteiger partial charge in [0.2, 0.25) is 5.88 Å². The Balaban J connectivity index is 1.41. The molecule has 4 aromatic heterocycles. The van der Waals surface area contributed by atoms with E-state index in [1.54, 1.807) is 41.1 Å². The smallest absolute Gasteiger partial charge is 0.434 e. The van der Waals surface area contributed by atoms with Gasteiger partial charge < -0.3 is 9.30 Å². The number of aryl methyl sites for hydroxylation is 1. The first-order valence-corrected chi connectivity index (χ1v) is 12.6. The van der Waals surface area contributed by atoms with Crippen LogP contribution in [0.2, 0.25) is 0 Å². The average molecular weight is 548 g/mol. The number of pyridine rings is 1. The summed E-state index contributed by atoms with van der Waals surface area (Å²) in [5.41, 5.74) is 1.94. The Bertz CT molecular complexity index is 1790. The van der Waals surface area contributed by atoms with Crippen LogP contribution in [0.4, 0.5) is 13.2 Å². The van der Waals surface area contributed by atoms with Crippen LogP contribution in [-0.2, 0) is 13.2 Å². The van der Waals surface area contributed by atoms with Crippen molar-refractivity contribution in [2.45, 2.75) is 37.9 Å². The molecule has 40 heavy (non-hydrogen) atoms. The number of methoxy groups -OCH3 is 1. The molecular formula is C28H24F3N7O2. The normalized spacial score (nSPS) is 14.4. The molecule has 4 heterocycles. The van der Waals surface area contributed by atoms with Crippen molar-refractivity contribution in [1.29, 1.82) is 0 Å². The van der Waals surface area contributed by atoms with Crippen molar-refractivity contribution < 1.29 is 17.9 Å². The van der Waals surface area contributed by atoms with Gasteiger partial charge in [-0.15, -0.1) is 0 Å². The Hall–Kier alpha value is -4.61. The minimum Gasteiger partial charge on any atom is -0.480 e. The monoisotopic (exact) mass is 547 g/mol. The number of imidazole rings is 1. The second-order valence-corrected chi connectivity index (χ2v) is 9.79. The standard InChI is InChI=1S/C28H24F3N7O2/c1-15(16-4-8-18(9-5-16)25-35-20(13-37(25)2)28(29,30)31)38-21(39)11-10-19-12-32-24(36-26(19)38)22-23(17-6-7-17)33-14-34-27(22)40-3/h4-5,8-15,17H,6-7H2,1-3H3/t15-/m0/s1. The summed E-state index contributed by atoms with van der Waals surface area (Å²) in [4.78, 5) is 35.0. The highest BCUT2D eigenvalue weighted by molar-refractivity contribution is 5.78. The van der Waals surface area contributed by atoms with Gasteiger partial charge >= 0.3 is 6.18 Å². The molecule has 9 nitrogen and oxygen atoms in total. The molecule has 0 unspecified atom stereocenters. The van der Waals surface area contributed by atoms with Crippen LogP contribution in [0.15, 0.2) is 59.9 Å². The fourth-order valence-corrected chi connectivity index (χ4v) is 4.88. The molecule has 5 aromatic rings. The molecule has 0 amide bonds. The van der Waals surface area contributed by atoms with Gasteiger partial charge in [0.25, 0.3) is 5.56 Å². The fraction of sp³-hybridized carbons (Fsp3) is 0.286. The number of halogens is 3. The molecule has 1 aliphatic rings. The summed E-state index contributed by atoms with van der Waals surface area (Å²) in [6, 6.07) is 9.62. The quantitative estimate of drug-likeness (QED) is 0.289. The van der Waals surface area contributed by atoms with E-state index in [2.05, 4.69) is 19.9 Å². The van der Waals surface area contributed by atoms with Crippen LogP contribution < -0.4 is 10.3 Å². The number of hydrogen-bond donors (Lipinski definition) is 0. The highest BCUT2D eigenvalue weighted by Gasteiger charge is 2.35. The number of hydrogen-bond acceptors (Lipinski definition) is 7. The van der Waals surface area contributed by atoms with Crippen LogP contribution in [0, 0.1) is 0 Å². The summed E-state index contributed by atoms with van der Waals surface area (Å²) in [6.07, 6.45) is 1.57. The highest BCUT2D eigenvalue weighted by atomic mass is 19.4. The zero-order valence-corrected chi connectivity index (χ0v) is 21.8. The lowest BCUT2D eigenvalue weighted by atomic mass is 10.0. The van der Waals surface area contributed by atoms with E-state index in [-0.39, 0.29) is 17.3 Å². The maximum absolute atomic E-state index is 13.2. The van der Waals surface area contributed by atoms with Gasteiger partial charge in [0.05, 0.1) is 18.8 Å². The van der Waals surface area contributed by atoms with Gasteiger partial charge in [0, 0.05) is 42.4 Å². The summed E-state index contributed by atoms with van der Waals surface area (Å²) in [7, 11) is 3.04. The Kier molecular flexibility index (Phi) is 6.12. The third kappa shape index (κ3) is 4.48. The molecule has 1 aromatic carbocycles. The van der Waals surface area contributed by atoms with Gasteiger partial charge in [0.1, 0.15) is 23.4 Å². The van der Waals surface area contributed by atoms with E-state index < -0.39 is 17.9 Å². The number of rotatable bonds is 6. The number of nitrogens with zero attached hydrogens (tertiary/aromatic N) is 7. The first-order chi connectivity index (χ1) is 19.2. The van der Waals surface area contributed by atoms with Crippen molar-refractivity contribution in [3.8, 4) is 28.7 Å². The number of benzene rings is 1. The van der Waals surface area contributed by atoms with Crippen LogP contribution in [0.1, 0.15) is 48.7 Å². The molecule has 1 fully saturated rings. The van der Waals surface area contributed by atoms with Crippen LogP contribution in [0.25, 0.3) is 33.8 Å². The average Bonchev–Trinajstić information content (AvgIpc) is 3.72. The summed E-state index contributed by atoms with van der Waals surface area (Å²) < 4.78 is 47.8. The maximum atomic E-state index is 13.2. The van der Waals surface area contributed by atoms with E-state index in [0.717, 1.165) is 30.3 Å². The molecule has 1 saturated carbocycles. The topological polar surface area (TPSA) is 101 Å². The maximum Gasteiger partial charge on any atom is 0.434 e. The van der Waals surface area contributed by atoms with Crippen LogP contribution in [-0.4, -0.2) is 41.2 Å². The Morgan fingerprint density at radius 1 is 1.02 bits per heavy atom. The lowest BCUT2D eigenvalue weighted by Gasteiger charge is -2.19. The lowest BCUT2D eigenvalue weighted by molar-refractivity contribution is -0.140. The number of fused-ring (bicyclic) bond motifs is 1. The summed E-state index contributed by atoms with van der Waals surface area (Å²) in [5, 5.41) is 0.670. The van der Waals surface area contributed by atoms with Gasteiger partial charge in [0.15, 0.2) is 11.5 Å². The van der Waals surface area contributed by atoms with Crippen molar-refractivity contribution in [2.24, 2.45) is 7.05 Å². The molecule has 0 N–H and O–H groups in total. The third-order valence-corrected chi connectivity index (χ3v) is 7.10. The summed E-state index contributed by atoms with van der Waals surface area (Å²) >= 11 is 0. The molecule has 204 valence electrons. The van der Waals surface area contributed by atoms with E-state index in [0.29, 0.717) is 33.9 Å². The van der Waals surface area contributed by atoms with Crippen molar-refractivity contribution >= 4 is 11.0 Å². The first kappa shape index (κ1) is 25.7. The van der Waals surface area contributed by atoms with Crippen molar-refractivity contribution in [1.82, 2.24) is 34.1 Å². The molecule has 6 rings (SSSR count). The minimum atomic E-state index is -4.53. The zero-order valence-electron chi connectivity index (χ0n) is 21.8. The number of aromatic nitrogens is 7. The van der Waals surface area contributed by atoms with E-state index >= 15 is 0 Å². The van der Waals surface area contributed by atoms with Crippen LogP contribution >= 0.6 is 0 Å². The van der Waals surface area contributed by atoms with Crippen molar-refractivity contribution in [3.63, 3.8) is 0 Å². The van der Waals surface area contributed by atoms with Gasteiger partial charge in [-0.1, -0.05) is 24.3 Å². The van der Waals surface area contributed by atoms with Gasteiger partial charge in [-0.25, -0.2) is 24.9 Å². The Morgan fingerprint density at radius 3 is 2.42 bits per heavy atom. The second-order valence-electron chi connectivity index (χ2n) is 9.79. The van der Waals surface area contributed by atoms with Crippen LogP contribution in [0.3, 0.4) is 0 Å². The SMILES string of the molecule is COc1ncnc(C2CC2)c1-c1ncc2ccc(=O)n([C@@H](C)c3ccc(-c4nc(C(F)(F)F)cn4C)cc3)c2n1. The number of ether oxygens (including phenoxy) is 1. The lowest BCUT2D eigenvalue weighted by Crippen LogP contribution is -2.24. The molecule has 12 heteroatoms. The third-order valence-electron chi connectivity index (χ3n) is 7.10. The predicted octanol–water partition coefficient (Wildman–Crippen LogP) is 5.16. The molecular weight excluding hydrogens is 523 g/mol. The first-order valence-electron chi connectivity index (χ1n) is 12.6. The molecule has 1 aliphatic carbocycles. The summed E-state index contributed by atoms with van der Waals surface area (Å²) in [5.74, 6) is 1.21. The van der Waals surface area contributed by atoms with E-state index in [9.17, 15) is 18.0 Å². The Morgan fingerprint density at radius 2 is 1.77 bits per heavy atom. The predicted molar refractivity (Wildman–Crippen MR) is 141 cm³/mol. The zero-order chi connectivity index (χ0) is 28.2. The van der Waals surface area contributed by atoms with Crippen LogP contribution in [0.5, 0.6) is 5.88 Å². The molecule has 0 saturated heterocycles. The van der Waals surface area contributed by atoms with Crippen molar-refractivity contribution in [2.75, 3.05) is 7.11 Å². The second kappa shape index (κ2) is 9.54. The van der Waals surface area contributed by atoms with Gasteiger partial charge in [-0.05, 0) is 31.4 Å². The molecule has 1 atom stereocenters. The molecule has 0 aliphatic heterocycles. The van der Waals surface area contributed by atoms with Crippen molar-refractivity contribution in [3.05, 3.63) is 82.4 Å². The molecule has 0 radical (unpaired) electrons.